The van der Waals surface area contributed by atoms with Gasteiger partial charge in [0.1, 0.15) is 5.75 Å². The minimum Gasteiger partial charge on any atom is -0.497 e. The van der Waals surface area contributed by atoms with E-state index in [0.29, 0.717) is 24.3 Å². The Labute approximate surface area is 118 Å². The molecule has 1 saturated heterocycles. The minimum atomic E-state index is -0.114. The molecule has 0 saturated carbocycles. The van der Waals surface area contributed by atoms with Crippen LogP contribution in [0.15, 0.2) is 24.3 Å². The zero-order valence-electron chi connectivity index (χ0n) is 11.7. The van der Waals surface area contributed by atoms with E-state index in [4.69, 9.17) is 4.74 Å². The molecule has 2 amide bonds. The Morgan fingerprint density at radius 3 is 3.00 bits per heavy atom. The first-order valence-electron chi connectivity index (χ1n) is 6.91. The Morgan fingerprint density at radius 1 is 1.45 bits per heavy atom. The van der Waals surface area contributed by atoms with Gasteiger partial charge in [-0.3, -0.25) is 9.59 Å². The van der Waals surface area contributed by atoms with Crippen LogP contribution in [0.1, 0.15) is 29.6 Å². The van der Waals surface area contributed by atoms with Gasteiger partial charge in [0.05, 0.1) is 7.11 Å². The Bertz CT molecular complexity index is 488. The van der Waals surface area contributed by atoms with Crippen molar-refractivity contribution >= 4 is 11.8 Å². The van der Waals surface area contributed by atoms with Crippen LogP contribution in [0, 0.1) is 0 Å². The topological polar surface area (TPSA) is 58.6 Å². The van der Waals surface area contributed by atoms with E-state index in [1.807, 2.05) is 4.90 Å². The summed E-state index contributed by atoms with van der Waals surface area (Å²) >= 11 is 0. The second kappa shape index (κ2) is 6.93. The number of hydrogen-bond donors (Lipinski definition) is 1. The SMILES string of the molecule is COc1cccc(C(=O)NCCCN2CCCC2=O)c1. The number of nitrogens with one attached hydrogen (secondary N) is 1. The number of carbonyl (C=O) groups excluding carboxylic acids is 2. The van der Waals surface area contributed by atoms with Crippen LogP contribution < -0.4 is 10.1 Å². The van der Waals surface area contributed by atoms with Gasteiger partial charge in [-0.25, -0.2) is 0 Å². The summed E-state index contributed by atoms with van der Waals surface area (Å²) in [6.07, 6.45) is 2.40. The van der Waals surface area contributed by atoms with Gasteiger partial charge in [-0.05, 0) is 31.0 Å². The maximum Gasteiger partial charge on any atom is 0.251 e. The van der Waals surface area contributed by atoms with Gasteiger partial charge >= 0.3 is 0 Å². The molecule has 1 aromatic rings. The largest absolute Gasteiger partial charge is 0.497 e. The molecule has 1 aliphatic rings. The summed E-state index contributed by atoms with van der Waals surface area (Å²) < 4.78 is 5.09. The molecule has 0 radical (unpaired) electrons. The van der Waals surface area contributed by atoms with Crippen LogP contribution in [0.2, 0.25) is 0 Å². The Hall–Kier alpha value is -2.04. The summed E-state index contributed by atoms with van der Waals surface area (Å²) in [5, 5.41) is 2.86. The van der Waals surface area contributed by atoms with Gasteiger partial charge < -0.3 is 15.0 Å². The molecule has 2 rings (SSSR count). The van der Waals surface area contributed by atoms with Crippen molar-refractivity contribution in [2.24, 2.45) is 0 Å². The lowest BCUT2D eigenvalue weighted by atomic mass is 10.2. The molecule has 1 aromatic carbocycles. The van der Waals surface area contributed by atoms with Crippen molar-refractivity contribution < 1.29 is 14.3 Å². The third-order valence-corrected chi connectivity index (χ3v) is 3.39. The number of rotatable bonds is 6. The fourth-order valence-corrected chi connectivity index (χ4v) is 2.28. The number of benzene rings is 1. The van der Waals surface area contributed by atoms with Crippen molar-refractivity contribution in [3.8, 4) is 5.75 Å². The molecule has 1 N–H and O–H groups in total. The van der Waals surface area contributed by atoms with Gasteiger partial charge in [0.2, 0.25) is 5.91 Å². The molecular formula is C15H20N2O3. The van der Waals surface area contributed by atoms with Gasteiger partial charge in [0.25, 0.3) is 5.91 Å². The molecule has 5 heteroatoms. The highest BCUT2D eigenvalue weighted by Gasteiger charge is 2.19. The molecule has 5 nitrogen and oxygen atoms in total. The fraction of sp³-hybridized carbons (Fsp3) is 0.467. The summed E-state index contributed by atoms with van der Waals surface area (Å²) in [7, 11) is 1.57. The van der Waals surface area contributed by atoms with E-state index < -0.39 is 0 Å². The minimum absolute atomic E-state index is 0.114. The highest BCUT2D eigenvalue weighted by Crippen LogP contribution is 2.12. The van der Waals surface area contributed by atoms with Crippen LogP contribution in [0.4, 0.5) is 0 Å². The van der Waals surface area contributed by atoms with E-state index in [9.17, 15) is 9.59 Å². The Balaban J connectivity index is 1.73. The average Bonchev–Trinajstić information content (AvgIpc) is 2.89. The monoisotopic (exact) mass is 276 g/mol. The van der Waals surface area contributed by atoms with E-state index >= 15 is 0 Å². The average molecular weight is 276 g/mol. The zero-order valence-corrected chi connectivity index (χ0v) is 11.7. The molecule has 20 heavy (non-hydrogen) atoms. The fourth-order valence-electron chi connectivity index (χ4n) is 2.28. The molecule has 108 valence electrons. The first-order valence-corrected chi connectivity index (χ1v) is 6.91. The maximum atomic E-state index is 11.9. The lowest BCUT2D eigenvalue weighted by molar-refractivity contribution is -0.127. The summed E-state index contributed by atoms with van der Waals surface area (Å²) in [5.74, 6) is 0.779. The van der Waals surface area contributed by atoms with Gasteiger partial charge in [0.15, 0.2) is 0 Å². The molecule has 0 spiro atoms. The third-order valence-electron chi connectivity index (χ3n) is 3.39. The van der Waals surface area contributed by atoms with Crippen LogP contribution in [0.25, 0.3) is 0 Å². The Kier molecular flexibility index (Phi) is 4.98. The Morgan fingerprint density at radius 2 is 2.30 bits per heavy atom. The predicted molar refractivity (Wildman–Crippen MR) is 75.8 cm³/mol. The first-order chi connectivity index (χ1) is 9.70. The van der Waals surface area contributed by atoms with Crippen molar-refractivity contribution in [3.05, 3.63) is 29.8 Å². The van der Waals surface area contributed by atoms with Crippen LogP contribution >= 0.6 is 0 Å². The predicted octanol–water partition coefficient (Wildman–Crippen LogP) is 1.44. The van der Waals surface area contributed by atoms with Crippen LogP contribution in [0.3, 0.4) is 0 Å². The second-order valence-corrected chi connectivity index (χ2v) is 4.83. The molecule has 0 aromatic heterocycles. The molecule has 1 fully saturated rings. The van der Waals surface area contributed by atoms with Crippen LogP contribution in [-0.2, 0) is 4.79 Å². The molecular weight excluding hydrogens is 256 g/mol. The number of ether oxygens (including phenoxy) is 1. The van der Waals surface area contributed by atoms with Crippen molar-refractivity contribution in [1.29, 1.82) is 0 Å². The van der Waals surface area contributed by atoms with Crippen molar-refractivity contribution in [3.63, 3.8) is 0 Å². The van der Waals surface area contributed by atoms with E-state index in [2.05, 4.69) is 5.32 Å². The molecule has 0 unspecified atom stereocenters. The normalized spacial score (nSPS) is 14.4. The van der Waals surface area contributed by atoms with Gasteiger partial charge in [-0.15, -0.1) is 0 Å². The summed E-state index contributed by atoms with van der Waals surface area (Å²) in [6, 6.07) is 7.05. The van der Waals surface area contributed by atoms with E-state index in [0.717, 1.165) is 25.9 Å². The second-order valence-electron chi connectivity index (χ2n) is 4.83. The van der Waals surface area contributed by atoms with Crippen molar-refractivity contribution in [2.75, 3.05) is 26.7 Å². The maximum absolute atomic E-state index is 11.9. The molecule has 0 atom stereocenters. The molecule has 0 aliphatic carbocycles. The zero-order chi connectivity index (χ0) is 14.4. The van der Waals surface area contributed by atoms with E-state index in [-0.39, 0.29) is 11.8 Å². The highest BCUT2D eigenvalue weighted by atomic mass is 16.5. The number of amides is 2. The van der Waals surface area contributed by atoms with Gasteiger partial charge in [-0.2, -0.15) is 0 Å². The number of carbonyl (C=O) groups is 2. The van der Waals surface area contributed by atoms with Gasteiger partial charge in [0, 0.05) is 31.6 Å². The lowest BCUT2D eigenvalue weighted by Crippen LogP contribution is -2.30. The molecule has 1 heterocycles. The van der Waals surface area contributed by atoms with Crippen LogP contribution in [-0.4, -0.2) is 43.5 Å². The number of methoxy groups -OCH3 is 1. The number of hydrogen-bond acceptors (Lipinski definition) is 3. The standard InChI is InChI=1S/C15H20N2O3/c1-20-13-6-2-5-12(11-13)15(19)16-8-4-10-17-9-3-7-14(17)18/h2,5-6,11H,3-4,7-10H2,1H3,(H,16,19). The smallest absolute Gasteiger partial charge is 0.251 e. The lowest BCUT2D eigenvalue weighted by Gasteiger charge is -2.15. The highest BCUT2D eigenvalue weighted by molar-refractivity contribution is 5.94. The molecule has 0 bridgehead atoms. The summed E-state index contributed by atoms with van der Waals surface area (Å²) in [6.45, 7) is 2.14. The first kappa shape index (κ1) is 14.4. The summed E-state index contributed by atoms with van der Waals surface area (Å²) in [5.41, 5.74) is 0.585. The third kappa shape index (κ3) is 3.73. The van der Waals surface area contributed by atoms with Crippen LogP contribution in [0.5, 0.6) is 5.75 Å². The quantitative estimate of drug-likeness (QED) is 0.800. The van der Waals surface area contributed by atoms with E-state index in [1.54, 1.807) is 31.4 Å². The molecule has 1 aliphatic heterocycles. The van der Waals surface area contributed by atoms with Gasteiger partial charge in [-0.1, -0.05) is 6.07 Å². The summed E-state index contributed by atoms with van der Waals surface area (Å²) in [4.78, 5) is 25.2. The van der Waals surface area contributed by atoms with E-state index in [1.165, 1.54) is 0 Å². The van der Waals surface area contributed by atoms with Crippen molar-refractivity contribution in [2.45, 2.75) is 19.3 Å². The number of likely N-dealkylation sites (tertiary alicyclic amines) is 1. The van der Waals surface area contributed by atoms with Crippen molar-refractivity contribution in [1.82, 2.24) is 10.2 Å². The number of nitrogens with zero attached hydrogens (tertiary/aromatic N) is 1.